The van der Waals surface area contributed by atoms with Crippen LogP contribution in [0.25, 0.3) is 0 Å². The molecule has 0 radical (unpaired) electrons. The van der Waals surface area contributed by atoms with Crippen LogP contribution >= 0.6 is 0 Å². The second-order valence-electron chi connectivity index (χ2n) is 4.07. The second-order valence-corrected chi connectivity index (χ2v) is 4.07. The standard InChI is InChI=1S/C14H13N3/c1-2-6-12-11(5-1)8-10-16-14(12)17-13-7-3-4-9-15-13/h1-12H,(H,15,16,17). The smallest absolute Gasteiger partial charge is 0.131 e. The van der Waals surface area contributed by atoms with E-state index in [1.807, 2.05) is 24.4 Å². The van der Waals surface area contributed by atoms with Crippen molar-refractivity contribution in [2.75, 3.05) is 5.32 Å². The Labute approximate surface area is 100 Å². The summed E-state index contributed by atoms with van der Waals surface area (Å²) in [5.74, 6) is 2.50. The highest BCUT2D eigenvalue weighted by Gasteiger charge is 2.24. The van der Waals surface area contributed by atoms with Crippen molar-refractivity contribution in [2.45, 2.75) is 0 Å². The zero-order chi connectivity index (χ0) is 11.5. The Bertz CT molecular complexity index is 512. The van der Waals surface area contributed by atoms with Crippen molar-refractivity contribution < 1.29 is 0 Å². The molecule has 1 aliphatic carbocycles. The molecule has 0 bridgehead atoms. The molecule has 0 spiro atoms. The summed E-state index contributed by atoms with van der Waals surface area (Å²) in [4.78, 5) is 8.66. The molecule has 0 amide bonds. The van der Waals surface area contributed by atoms with E-state index in [4.69, 9.17) is 0 Å². The SMILES string of the molecule is C1=CC2C=CN=C(Nc3ccccn3)C2C=C1. The largest absolute Gasteiger partial charge is 0.328 e. The van der Waals surface area contributed by atoms with Crippen LogP contribution in [-0.4, -0.2) is 10.8 Å². The number of fused-ring (bicyclic) bond motifs is 1. The van der Waals surface area contributed by atoms with E-state index < -0.39 is 0 Å². The molecule has 1 aliphatic heterocycles. The van der Waals surface area contributed by atoms with Gasteiger partial charge in [0.25, 0.3) is 0 Å². The average Bonchev–Trinajstić information content (AvgIpc) is 2.40. The highest BCUT2D eigenvalue weighted by atomic mass is 15.1. The Kier molecular flexibility index (Phi) is 2.58. The minimum atomic E-state index is 0.298. The van der Waals surface area contributed by atoms with Crippen LogP contribution < -0.4 is 5.32 Å². The second kappa shape index (κ2) is 4.37. The number of aromatic nitrogens is 1. The first-order valence-electron chi connectivity index (χ1n) is 5.71. The van der Waals surface area contributed by atoms with Gasteiger partial charge in [-0.25, -0.2) is 9.98 Å². The molecular weight excluding hydrogens is 210 g/mol. The van der Waals surface area contributed by atoms with E-state index in [-0.39, 0.29) is 0 Å². The van der Waals surface area contributed by atoms with Crippen molar-refractivity contribution in [3.63, 3.8) is 0 Å². The van der Waals surface area contributed by atoms with Crippen molar-refractivity contribution >= 4 is 11.7 Å². The van der Waals surface area contributed by atoms with Crippen molar-refractivity contribution in [1.82, 2.24) is 4.98 Å². The fourth-order valence-corrected chi connectivity index (χ4v) is 2.07. The molecule has 17 heavy (non-hydrogen) atoms. The van der Waals surface area contributed by atoms with Gasteiger partial charge < -0.3 is 5.32 Å². The quantitative estimate of drug-likeness (QED) is 0.794. The zero-order valence-electron chi connectivity index (χ0n) is 9.32. The topological polar surface area (TPSA) is 37.3 Å². The maximum absolute atomic E-state index is 4.41. The highest BCUT2D eigenvalue weighted by Crippen LogP contribution is 2.26. The van der Waals surface area contributed by atoms with E-state index in [9.17, 15) is 0 Å². The number of pyridine rings is 1. The van der Waals surface area contributed by atoms with Crippen LogP contribution in [-0.2, 0) is 0 Å². The lowest BCUT2D eigenvalue weighted by Crippen LogP contribution is -2.29. The van der Waals surface area contributed by atoms with Gasteiger partial charge in [0.1, 0.15) is 11.7 Å². The van der Waals surface area contributed by atoms with Gasteiger partial charge in [0.2, 0.25) is 0 Å². The van der Waals surface area contributed by atoms with E-state index in [0.29, 0.717) is 11.8 Å². The first-order valence-corrected chi connectivity index (χ1v) is 5.71. The number of allylic oxidation sites excluding steroid dienone is 4. The summed E-state index contributed by atoms with van der Waals surface area (Å²) in [6, 6.07) is 5.81. The summed E-state index contributed by atoms with van der Waals surface area (Å²) in [6.07, 6.45) is 14.3. The lowest BCUT2D eigenvalue weighted by molar-refractivity contribution is 0.689. The Morgan fingerprint density at radius 2 is 2.00 bits per heavy atom. The zero-order valence-corrected chi connectivity index (χ0v) is 9.32. The number of nitrogens with one attached hydrogen (secondary N) is 1. The first kappa shape index (κ1) is 10.0. The number of aliphatic imine (C=N–C) groups is 1. The number of nitrogens with zero attached hydrogens (tertiary/aromatic N) is 2. The molecule has 3 nitrogen and oxygen atoms in total. The molecule has 0 saturated heterocycles. The van der Waals surface area contributed by atoms with Crippen LogP contribution in [0, 0.1) is 11.8 Å². The Balaban J connectivity index is 1.83. The van der Waals surface area contributed by atoms with Gasteiger partial charge >= 0.3 is 0 Å². The van der Waals surface area contributed by atoms with Crippen LogP contribution in [0.3, 0.4) is 0 Å². The predicted octanol–water partition coefficient (Wildman–Crippen LogP) is 2.78. The van der Waals surface area contributed by atoms with E-state index in [1.54, 1.807) is 6.20 Å². The number of amidine groups is 1. The monoisotopic (exact) mass is 223 g/mol. The van der Waals surface area contributed by atoms with E-state index >= 15 is 0 Å². The Morgan fingerprint density at radius 1 is 1.06 bits per heavy atom. The maximum Gasteiger partial charge on any atom is 0.131 e. The number of hydrogen-bond acceptors (Lipinski definition) is 3. The van der Waals surface area contributed by atoms with Gasteiger partial charge in [-0.15, -0.1) is 0 Å². The summed E-state index contributed by atoms with van der Waals surface area (Å²) in [5, 5.41) is 3.28. The number of rotatable bonds is 1. The Morgan fingerprint density at radius 3 is 2.88 bits per heavy atom. The molecule has 3 heteroatoms. The molecule has 2 atom stereocenters. The molecule has 2 unspecified atom stereocenters. The first-order chi connectivity index (χ1) is 8.43. The third-order valence-electron chi connectivity index (χ3n) is 2.94. The molecule has 1 aromatic heterocycles. The summed E-state index contributed by atoms with van der Waals surface area (Å²) < 4.78 is 0. The summed E-state index contributed by atoms with van der Waals surface area (Å²) in [5.41, 5.74) is 0. The summed E-state index contributed by atoms with van der Waals surface area (Å²) >= 11 is 0. The fraction of sp³-hybridized carbons (Fsp3) is 0.143. The van der Waals surface area contributed by atoms with Crippen LogP contribution in [0.1, 0.15) is 0 Å². The molecule has 84 valence electrons. The van der Waals surface area contributed by atoms with Gasteiger partial charge in [0.05, 0.1) is 0 Å². The molecule has 2 aliphatic rings. The van der Waals surface area contributed by atoms with Crippen molar-refractivity contribution in [1.29, 1.82) is 0 Å². The van der Waals surface area contributed by atoms with Gasteiger partial charge in [-0.3, -0.25) is 0 Å². The normalized spacial score (nSPS) is 25.3. The molecule has 1 N–H and O–H groups in total. The predicted molar refractivity (Wildman–Crippen MR) is 69.7 cm³/mol. The number of hydrogen-bond donors (Lipinski definition) is 1. The summed E-state index contributed by atoms with van der Waals surface area (Å²) in [6.45, 7) is 0. The van der Waals surface area contributed by atoms with Crippen molar-refractivity contribution in [3.8, 4) is 0 Å². The average molecular weight is 223 g/mol. The van der Waals surface area contributed by atoms with Crippen LogP contribution in [0.2, 0.25) is 0 Å². The van der Waals surface area contributed by atoms with Crippen LogP contribution in [0.4, 0.5) is 5.82 Å². The molecular formula is C14H13N3. The van der Waals surface area contributed by atoms with Crippen LogP contribution in [0.5, 0.6) is 0 Å². The minimum Gasteiger partial charge on any atom is -0.328 e. The minimum absolute atomic E-state index is 0.298. The van der Waals surface area contributed by atoms with Crippen molar-refractivity contribution in [2.24, 2.45) is 16.8 Å². The molecule has 0 saturated carbocycles. The molecule has 0 aromatic carbocycles. The third kappa shape index (κ3) is 2.04. The van der Waals surface area contributed by atoms with Gasteiger partial charge in [0.15, 0.2) is 0 Å². The maximum atomic E-state index is 4.41. The van der Waals surface area contributed by atoms with E-state index in [1.165, 1.54) is 0 Å². The van der Waals surface area contributed by atoms with Gasteiger partial charge in [-0.1, -0.05) is 36.4 Å². The Hall–Kier alpha value is -2.16. The molecule has 3 rings (SSSR count). The molecule has 0 fully saturated rings. The van der Waals surface area contributed by atoms with Gasteiger partial charge in [-0.2, -0.15) is 0 Å². The van der Waals surface area contributed by atoms with Gasteiger partial charge in [-0.05, 0) is 12.1 Å². The molecule has 2 heterocycles. The van der Waals surface area contributed by atoms with Crippen LogP contribution in [0.15, 0.2) is 66.0 Å². The lowest BCUT2D eigenvalue weighted by atomic mass is 9.86. The van der Waals surface area contributed by atoms with Gasteiger partial charge in [0, 0.05) is 24.2 Å². The molecule has 1 aromatic rings. The van der Waals surface area contributed by atoms with E-state index in [0.717, 1.165) is 11.7 Å². The highest BCUT2D eigenvalue weighted by molar-refractivity contribution is 5.99. The van der Waals surface area contributed by atoms with Crippen molar-refractivity contribution in [3.05, 3.63) is 61.0 Å². The summed E-state index contributed by atoms with van der Waals surface area (Å²) in [7, 11) is 0. The number of anilines is 1. The fourth-order valence-electron chi connectivity index (χ4n) is 2.07. The third-order valence-corrected chi connectivity index (χ3v) is 2.94. The lowest BCUT2D eigenvalue weighted by Gasteiger charge is -2.25. The van der Waals surface area contributed by atoms with E-state index in [2.05, 4.69) is 45.7 Å².